The smallest absolute Gasteiger partial charge is 0.0465 e. The highest BCUT2D eigenvalue weighted by Gasteiger charge is 2.09. The minimum absolute atomic E-state index is 0.0390. The van der Waals surface area contributed by atoms with E-state index in [1.54, 1.807) is 14.2 Å². The summed E-state index contributed by atoms with van der Waals surface area (Å²) >= 11 is 0. The van der Waals surface area contributed by atoms with Crippen LogP contribution < -0.4 is 5.30 Å². The number of rotatable bonds is 9. The Labute approximate surface area is 106 Å². The van der Waals surface area contributed by atoms with E-state index in [-0.39, 0.29) is 7.92 Å². The molecule has 17 heavy (non-hydrogen) atoms. The number of ether oxygens (including phenoxy) is 2. The normalized spacial score (nSPS) is 11.0. The van der Waals surface area contributed by atoms with E-state index in [1.165, 1.54) is 17.6 Å². The second kappa shape index (κ2) is 9.58. The lowest BCUT2D eigenvalue weighted by molar-refractivity contribution is 0.198. The Morgan fingerprint density at radius 1 is 0.882 bits per heavy atom. The maximum absolute atomic E-state index is 5.14. The molecule has 1 aromatic rings. The molecule has 0 amide bonds. The first kappa shape index (κ1) is 14.6. The molecule has 0 atom stereocenters. The summed E-state index contributed by atoms with van der Waals surface area (Å²) in [6.45, 7) is 1.74. The Balaban J connectivity index is 2.46. The van der Waals surface area contributed by atoms with E-state index in [0.717, 1.165) is 26.1 Å². The summed E-state index contributed by atoms with van der Waals surface area (Å²) in [6.07, 6.45) is 4.84. The molecule has 0 aliphatic rings. The number of hydrogen-bond donors (Lipinski definition) is 0. The SMILES string of the molecule is COCCCP(CCCOC)c1ccccc1. The van der Waals surface area contributed by atoms with Crippen molar-refractivity contribution < 1.29 is 9.47 Å². The van der Waals surface area contributed by atoms with Crippen LogP contribution in [0.3, 0.4) is 0 Å². The van der Waals surface area contributed by atoms with Crippen molar-refractivity contribution in [3.05, 3.63) is 30.3 Å². The van der Waals surface area contributed by atoms with Gasteiger partial charge in [-0.05, 0) is 30.5 Å². The van der Waals surface area contributed by atoms with E-state index in [2.05, 4.69) is 30.3 Å². The van der Waals surface area contributed by atoms with Crippen molar-refractivity contribution in [3.63, 3.8) is 0 Å². The first-order chi connectivity index (χ1) is 8.38. The third kappa shape index (κ3) is 6.16. The molecule has 0 N–H and O–H groups in total. The quantitative estimate of drug-likeness (QED) is 0.498. The Hall–Kier alpha value is -0.430. The molecule has 1 aromatic carbocycles. The fraction of sp³-hybridized carbons (Fsp3) is 0.571. The van der Waals surface area contributed by atoms with Crippen LogP contribution in [0.4, 0.5) is 0 Å². The molecule has 0 spiro atoms. The fourth-order valence-electron chi connectivity index (χ4n) is 1.81. The molecule has 0 saturated carbocycles. The molecule has 96 valence electrons. The second-order valence-corrected chi connectivity index (χ2v) is 6.51. The molecule has 3 heteroatoms. The van der Waals surface area contributed by atoms with Crippen LogP contribution in [0.2, 0.25) is 0 Å². The zero-order valence-corrected chi connectivity index (χ0v) is 11.8. The second-order valence-electron chi connectivity index (χ2n) is 4.02. The fourth-order valence-corrected chi connectivity index (χ4v) is 4.16. The number of hydrogen-bond acceptors (Lipinski definition) is 2. The van der Waals surface area contributed by atoms with Crippen LogP contribution in [0.15, 0.2) is 30.3 Å². The lowest BCUT2D eigenvalue weighted by Gasteiger charge is -2.17. The summed E-state index contributed by atoms with van der Waals surface area (Å²) in [4.78, 5) is 0. The molecule has 0 fully saturated rings. The number of benzene rings is 1. The number of methoxy groups -OCH3 is 2. The molecule has 0 aliphatic carbocycles. The van der Waals surface area contributed by atoms with Gasteiger partial charge in [0.15, 0.2) is 0 Å². The van der Waals surface area contributed by atoms with E-state index in [4.69, 9.17) is 9.47 Å². The van der Waals surface area contributed by atoms with Crippen molar-refractivity contribution in [2.75, 3.05) is 39.8 Å². The Bertz CT molecular complexity index is 267. The summed E-state index contributed by atoms with van der Waals surface area (Å²) in [7, 11) is 3.51. The van der Waals surface area contributed by atoms with Gasteiger partial charge in [0.1, 0.15) is 0 Å². The van der Waals surface area contributed by atoms with Crippen molar-refractivity contribution >= 4 is 13.2 Å². The van der Waals surface area contributed by atoms with Gasteiger partial charge in [-0.1, -0.05) is 38.3 Å². The Morgan fingerprint density at radius 2 is 1.41 bits per heavy atom. The van der Waals surface area contributed by atoms with Gasteiger partial charge in [-0.25, -0.2) is 0 Å². The summed E-state index contributed by atoms with van der Waals surface area (Å²) in [6, 6.07) is 10.9. The first-order valence-corrected chi connectivity index (χ1v) is 7.87. The lowest BCUT2D eigenvalue weighted by Crippen LogP contribution is -2.08. The van der Waals surface area contributed by atoms with Crippen molar-refractivity contribution in [1.29, 1.82) is 0 Å². The maximum Gasteiger partial charge on any atom is 0.0465 e. The van der Waals surface area contributed by atoms with Crippen molar-refractivity contribution in [2.24, 2.45) is 0 Å². The van der Waals surface area contributed by atoms with Gasteiger partial charge in [0, 0.05) is 27.4 Å². The van der Waals surface area contributed by atoms with Crippen molar-refractivity contribution in [3.8, 4) is 0 Å². The summed E-state index contributed by atoms with van der Waals surface area (Å²) in [5.74, 6) is 0. The van der Waals surface area contributed by atoms with Crippen LogP contribution in [0, 0.1) is 0 Å². The van der Waals surface area contributed by atoms with Gasteiger partial charge in [0.25, 0.3) is 0 Å². The highest BCUT2D eigenvalue weighted by Crippen LogP contribution is 2.35. The monoisotopic (exact) mass is 254 g/mol. The van der Waals surface area contributed by atoms with Gasteiger partial charge in [0.05, 0.1) is 0 Å². The van der Waals surface area contributed by atoms with Gasteiger partial charge in [0.2, 0.25) is 0 Å². The van der Waals surface area contributed by atoms with E-state index < -0.39 is 0 Å². The summed E-state index contributed by atoms with van der Waals surface area (Å²) in [5.41, 5.74) is 0. The standard InChI is InChI=1S/C14H23O2P/c1-15-10-6-12-17(13-7-11-16-2)14-8-4-3-5-9-14/h3-5,8-9H,6-7,10-13H2,1-2H3. The van der Waals surface area contributed by atoms with Gasteiger partial charge in [-0.3, -0.25) is 0 Å². The molecular weight excluding hydrogens is 231 g/mol. The minimum atomic E-state index is -0.0390. The summed E-state index contributed by atoms with van der Waals surface area (Å²) < 4.78 is 10.3. The van der Waals surface area contributed by atoms with Crippen LogP contribution in [0.5, 0.6) is 0 Å². The minimum Gasteiger partial charge on any atom is -0.385 e. The summed E-state index contributed by atoms with van der Waals surface area (Å²) in [5, 5.41) is 1.51. The Kier molecular flexibility index (Phi) is 8.25. The molecule has 0 bridgehead atoms. The molecule has 0 aromatic heterocycles. The molecule has 0 aliphatic heterocycles. The highest BCUT2D eigenvalue weighted by molar-refractivity contribution is 7.65. The average Bonchev–Trinajstić information content (AvgIpc) is 2.38. The molecule has 0 heterocycles. The van der Waals surface area contributed by atoms with Gasteiger partial charge < -0.3 is 9.47 Å². The van der Waals surface area contributed by atoms with Crippen molar-refractivity contribution in [1.82, 2.24) is 0 Å². The van der Waals surface area contributed by atoms with Crippen LogP contribution in [0.25, 0.3) is 0 Å². The molecule has 2 nitrogen and oxygen atoms in total. The maximum atomic E-state index is 5.14. The van der Waals surface area contributed by atoms with Crippen molar-refractivity contribution in [2.45, 2.75) is 12.8 Å². The predicted molar refractivity (Wildman–Crippen MR) is 75.7 cm³/mol. The van der Waals surface area contributed by atoms with E-state index >= 15 is 0 Å². The molecule has 0 saturated heterocycles. The zero-order valence-electron chi connectivity index (χ0n) is 10.9. The zero-order chi connectivity index (χ0) is 12.3. The van der Waals surface area contributed by atoms with E-state index in [0.29, 0.717) is 0 Å². The lowest BCUT2D eigenvalue weighted by atomic mass is 10.4. The van der Waals surface area contributed by atoms with Crippen LogP contribution in [-0.2, 0) is 9.47 Å². The predicted octanol–water partition coefficient (Wildman–Crippen LogP) is 2.87. The molecule has 0 unspecified atom stereocenters. The van der Waals surface area contributed by atoms with Gasteiger partial charge in [-0.15, -0.1) is 0 Å². The van der Waals surface area contributed by atoms with E-state index in [1.807, 2.05) is 0 Å². The average molecular weight is 254 g/mol. The topological polar surface area (TPSA) is 18.5 Å². The Morgan fingerprint density at radius 3 is 1.88 bits per heavy atom. The highest BCUT2D eigenvalue weighted by atomic mass is 31.1. The van der Waals surface area contributed by atoms with Crippen LogP contribution >= 0.6 is 7.92 Å². The van der Waals surface area contributed by atoms with Crippen LogP contribution in [0.1, 0.15) is 12.8 Å². The third-order valence-electron chi connectivity index (χ3n) is 2.67. The third-order valence-corrected chi connectivity index (χ3v) is 5.41. The van der Waals surface area contributed by atoms with E-state index in [9.17, 15) is 0 Å². The van der Waals surface area contributed by atoms with Gasteiger partial charge >= 0.3 is 0 Å². The molecule has 1 rings (SSSR count). The molecular formula is C14H23O2P. The largest absolute Gasteiger partial charge is 0.385 e. The van der Waals surface area contributed by atoms with Gasteiger partial charge in [-0.2, -0.15) is 0 Å². The van der Waals surface area contributed by atoms with Crippen LogP contribution in [-0.4, -0.2) is 39.8 Å². The molecule has 0 radical (unpaired) electrons. The first-order valence-electron chi connectivity index (χ1n) is 6.16.